The van der Waals surface area contributed by atoms with E-state index in [-0.39, 0.29) is 6.15 Å². The number of aliphatic hydroxyl groups excluding tert-OH is 1. The van der Waals surface area contributed by atoms with Gasteiger partial charge in [0.15, 0.2) is 6.10 Å². The smallest absolute Gasteiger partial charge is 0.333 e. The van der Waals surface area contributed by atoms with Crippen LogP contribution >= 0.6 is 0 Å². The topological polar surface area (TPSA) is 130 Å². The largest absolute Gasteiger partial charge is 0.481 e. The van der Waals surface area contributed by atoms with Crippen LogP contribution in [0.15, 0.2) is 12.7 Å². The van der Waals surface area contributed by atoms with E-state index < -0.39 is 24.5 Å². The minimum absolute atomic E-state index is 0. The second-order valence-corrected chi connectivity index (χ2v) is 1.86. The third-order valence-corrected chi connectivity index (χ3v) is 0.653. The predicted octanol–water partition coefficient (Wildman–Crippen LogP) is 0.261. The third-order valence-electron chi connectivity index (χ3n) is 0.653. The summed E-state index contributed by atoms with van der Waals surface area (Å²) in [6.07, 6.45) is -0.794. The molecule has 0 aromatic rings. The van der Waals surface area contributed by atoms with Crippen molar-refractivity contribution in [3.63, 3.8) is 0 Å². The van der Waals surface area contributed by atoms with Crippen LogP contribution in [0.2, 0.25) is 0 Å². The van der Waals surface area contributed by atoms with Crippen LogP contribution in [-0.2, 0) is 9.59 Å². The zero-order valence-electron chi connectivity index (χ0n) is 7.43. The van der Waals surface area contributed by atoms with E-state index in [0.29, 0.717) is 0 Å². The summed E-state index contributed by atoms with van der Waals surface area (Å²) in [6.45, 7) is 5.25. The van der Waals surface area contributed by atoms with Crippen LogP contribution in [-0.4, -0.2) is 33.4 Å². The molecule has 0 heterocycles. The Balaban J connectivity index is -0.000000220. The van der Waals surface area contributed by atoms with Crippen molar-refractivity contribution >= 4 is 11.9 Å². The van der Waals surface area contributed by atoms with Gasteiger partial charge in [0.2, 0.25) is 0 Å². The number of allylic oxidation sites excluding steroid dienone is 1. The molecule has 0 aliphatic carbocycles. The Morgan fingerprint density at radius 1 is 1.46 bits per heavy atom. The number of carboxylic acid groups (broad SMARTS) is 2. The van der Waals surface area contributed by atoms with Crippen LogP contribution < -0.4 is 6.15 Å². The first kappa shape index (κ1) is 17.6. The number of hydrogen-bond acceptors (Lipinski definition) is 4. The van der Waals surface area contributed by atoms with Crippen LogP contribution in [0.3, 0.4) is 0 Å². The van der Waals surface area contributed by atoms with Gasteiger partial charge in [0, 0.05) is 0 Å². The third kappa shape index (κ3) is 18.0. The first-order valence-corrected chi connectivity index (χ1v) is 3.15. The zero-order chi connectivity index (χ0) is 10.1. The molecule has 78 valence electrons. The van der Waals surface area contributed by atoms with Gasteiger partial charge < -0.3 is 21.5 Å². The molecule has 0 aromatic heterocycles. The van der Waals surface area contributed by atoms with Crippen molar-refractivity contribution < 1.29 is 24.9 Å². The molecule has 0 spiro atoms. The second kappa shape index (κ2) is 10.6. The Hall–Kier alpha value is -1.40. The minimum Gasteiger partial charge on any atom is -0.481 e. The van der Waals surface area contributed by atoms with Crippen molar-refractivity contribution in [2.24, 2.45) is 0 Å². The highest BCUT2D eigenvalue weighted by atomic mass is 16.4. The second-order valence-electron chi connectivity index (χ2n) is 1.86. The SMILES string of the molecule is C=CC.N.O=C(O)CC(O)C(=O)O. The maximum absolute atomic E-state index is 9.72. The standard InChI is InChI=1S/C4H6O5.C3H6.H3N/c5-2(4(8)9)1-3(6)7;1-3-2;/h2,5H,1H2,(H,6,7)(H,8,9);3H,1H2,2H3;1H3. The molecular formula is C7H15NO5. The van der Waals surface area contributed by atoms with E-state index in [1.165, 1.54) is 0 Å². The van der Waals surface area contributed by atoms with E-state index in [0.717, 1.165) is 0 Å². The predicted molar refractivity (Wildman–Crippen MR) is 46.8 cm³/mol. The van der Waals surface area contributed by atoms with Gasteiger partial charge in [-0.2, -0.15) is 0 Å². The van der Waals surface area contributed by atoms with E-state index in [2.05, 4.69) is 6.58 Å². The maximum Gasteiger partial charge on any atom is 0.333 e. The number of rotatable bonds is 3. The number of carbonyl (C=O) groups is 2. The lowest BCUT2D eigenvalue weighted by Crippen LogP contribution is -2.22. The number of aliphatic hydroxyl groups is 1. The van der Waals surface area contributed by atoms with Crippen LogP contribution in [0.4, 0.5) is 0 Å². The Morgan fingerprint density at radius 2 is 1.77 bits per heavy atom. The molecule has 0 rings (SSSR count). The van der Waals surface area contributed by atoms with Crippen LogP contribution in [0, 0.1) is 0 Å². The maximum atomic E-state index is 9.72. The molecule has 6 N–H and O–H groups in total. The fraction of sp³-hybridized carbons (Fsp3) is 0.429. The van der Waals surface area contributed by atoms with Crippen LogP contribution in [0.1, 0.15) is 13.3 Å². The molecule has 1 unspecified atom stereocenters. The van der Waals surface area contributed by atoms with Crippen molar-refractivity contribution in [1.29, 1.82) is 0 Å². The van der Waals surface area contributed by atoms with E-state index >= 15 is 0 Å². The van der Waals surface area contributed by atoms with Gasteiger partial charge in [-0.3, -0.25) is 4.79 Å². The van der Waals surface area contributed by atoms with Crippen molar-refractivity contribution in [3.8, 4) is 0 Å². The average Bonchev–Trinajstić information content (AvgIpc) is 1.87. The molecule has 0 aromatic carbocycles. The van der Waals surface area contributed by atoms with Gasteiger partial charge in [-0.1, -0.05) is 6.08 Å². The summed E-state index contributed by atoms with van der Waals surface area (Å²) in [4.78, 5) is 19.4. The number of aliphatic carboxylic acids is 2. The highest BCUT2D eigenvalue weighted by molar-refractivity contribution is 5.79. The first-order chi connectivity index (χ1) is 5.45. The summed E-state index contributed by atoms with van der Waals surface area (Å²) in [5, 5.41) is 24.1. The molecule has 6 heteroatoms. The van der Waals surface area contributed by atoms with Crippen molar-refractivity contribution in [2.45, 2.75) is 19.4 Å². The molecule has 1 atom stereocenters. The summed E-state index contributed by atoms with van der Waals surface area (Å²) in [6, 6.07) is 0. The van der Waals surface area contributed by atoms with Crippen molar-refractivity contribution in [1.82, 2.24) is 6.15 Å². The van der Waals surface area contributed by atoms with E-state index in [4.69, 9.17) is 15.3 Å². The summed E-state index contributed by atoms with van der Waals surface area (Å²) in [5.41, 5.74) is 0. The van der Waals surface area contributed by atoms with Gasteiger partial charge in [-0.05, 0) is 6.92 Å². The molecule has 0 saturated heterocycles. The lowest BCUT2D eigenvalue weighted by molar-refractivity contribution is -0.152. The highest BCUT2D eigenvalue weighted by Crippen LogP contribution is 1.89. The van der Waals surface area contributed by atoms with Gasteiger partial charge in [-0.25, -0.2) is 4.79 Å². The molecule has 6 nitrogen and oxygen atoms in total. The summed E-state index contributed by atoms with van der Waals surface area (Å²) >= 11 is 0. The van der Waals surface area contributed by atoms with Crippen LogP contribution in [0.5, 0.6) is 0 Å². The first-order valence-electron chi connectivity index (χ1n) is 3.15. The summed E-state index contributed by atoms with van der Waals surface area (Å²) in [7, 11) is 0. The molecule has 0 aliphatic heterocycles. The fourth-order valence-corrected chi connectivity index (χ4v) is 0.253. The molecule has 0 fully saturated rings. The lowest BCUT2D eigenvalue weighted by atomic mass is 10.3. The molecular weight excluding hydrogens is 178 g/mol. The number of carboxylic acids is 2. The van der Waals surface area contributed by atoms with Gasteiger partial charge in [-0.15, -0.1) is 6.58 Å². The van der Waals surface area contributed by atoms with Crippen molar-refractivity contribution in [3.05, 3.63) is 12.7 Å². The number of hydrogen-bond donors (Lipinski definition) is 4. The van der Waals surface area contributed by atoms with Gasteiger partial charge >= 0.3 is 11.9 Å². The molecule has 0 saturated carbocycles. The molecule has 0 radical (unpaired) electrons. The Morgan fingerprint density at radius 3 is 1.85 bits per heavy atom. The molecule has 13 heavy (non-hydrogen) atoms. The van der Waals surface area contributed by atoms with Gasteiger partial charge in [0.05, 0.1) is 6.42 Å². The van der Waals surface area contributed by atoms with Crippen molar-refractivity contribution in [2.75, 3.05) is 0 Å². The lowest BCUT2D eigenvalue weighted by Gasteiger charge is -1.97. The van der Waals surface area contributed by atoms with Crippen LogP contribution in [0.25, 0.3) is 0 Å². The molecule has 0 amide bonds. The van der Waals surface area contributed by atoms with Gasteiger partial charge in [0.1, 0.15) is 0 Å². The zero-order valence-corrected chi connectivity index (χ0v) is 7.43. The fourth-order valence-electron chi connectivity index (χ4n) is 0.253. The monoisotopic (exact) mass is 193 g/mol. The Bertz CT molecular complexity index is 168. The Labute approximate surface area is 76.1 Å². The molecule has 0 aliphatic rings. The highest BCUT2D eigenvalue weighted by Gasteiger charge is 2.16. The summed E-state index contributed by atoms with van der Waals surface area (Å²) in [5.74, 6) is -2.85. The Kier molecular flexibility index (Phi) is 14.4. The average molecular weight is 193 g/mol. The minimum atomic E-state index is -1.79. The normalized spacial score (nSPS) is 9.69. The van der Waals surface area contributed by atoms with E-state index in [9.17, 15) is 9.59 Å². The van der Waals surface area contributed by atoms with E-state index in [1.807, 2.05) is 6.92 Å². The van der Waals surface area contributed by atoms with E-state index in [1.54, 1.807) is 6.08 Å². The molecule has 0 bridgehead atoms. The van der Waals surface area contributed by atoms with Gasteiger partial charge in [0.25, 0.3) is 0 Å². The summed E-state index contributed by atoms with van der Waals surface area (Å²) < 4.78 is 0. The quantitative estimate of drug-likeness (QED) is 0.475.